The van der Waals surface area contributed by atoms with E-state index < -0.39 is 67.4 Å². The first kappa shape index (κ1) is 75.3. The number of ether oxygens (including phenoxy) is 3. The molecule has 0 aromatic carbocycles. The van der Waals surface area contributed by atoms with Crippen molar-refractivity contribution in [3.8, 4) is 0 Å². The Morgan fingerprint density at radius 3 is 1.32 bits per heavy atom. The minimum atomic E-state index is -1.65. The van der Waals surface area contributed by atoms with E-state index in [1.54, 1.807) is 12.2 Å². The van der Waals surface area contributed by atoms with E-state index in [2.05, 4.69) is 154 Å². The molecule has 0 bridgehead atoms. The molecule has 11 nitrogen and oxygen atoms in total. The van der Waals surface area contributed by atoms with Crippen molar-refractivity contribution in [2.24, 2.45) is 0 Å². The zero-order valence-electron chi connectivity index (χ0n) is 51.0. The SMILES string of the molecule is CC/C=C\C/C=C\C/C=C\C/C=C\C/C=C\C/C=C\CCCCCCC(=O)OC1C(OCC(NC(=O)C(O)C/C=C\C/C=C\C/C=C\C/C=C\C/C=C\C/C=C\CC)C(O)/C=C/CCCCCCCCCCCC)OC(CO)C(O)C1O. The van der Waals surface area contributed by atoms with Gasteiger partial charge in [0.2, 0.25) is 5.91 Å². The van der Waals surface area contributed by atoms with Crippen LogP contribution in [0.2, 0.25) is 0 Å². The number of esters is 1. The predicted molar refractivity (Wildman–Crippen MR) is 342 cm³/mol. The highest BCUT2D eigenvalue weighted by Gasteiger charge is 2.47. The average molecular weight is 1140 g/mol. The lowest BCUT2D eigenvalue weighted by atomic mass is 9.99. The summed E-state index contributed by atoms with van der Waals surface area (Å²) in [6.07, 6.45) is 72.9. The van der Waals surface area contributed by atoms with Gasteiger partial charge >= 0.3 is 5.97 Å². The summed E-state index contributed by atoms with van der Waals surface area (Å²) in [5.74, 6) is -1.32. The van der Waals surface area contributed by atoms with Gasteiger partial charge in [-0.15, -0.1) is 0 Å². The molecule has 1 aliphatic heterocycles. The average Bonchev–Trinajstić information content (AvgIpc) is 3.44. The summed E-state index contributed by atoms with van der Waals surface area (Å²) in [5.41, 5.74) is 0. The van der Waals surface area contributed by atoms with Crippen LogP contribution in [0.4, 0.5) is 0 Å². The lowest BCUT2D eigenvalue weighted by Gasteiger charge is -2.41. The Bertz CT molecular complexity index is 1940. The molecular formula is C71H113NO10. The van der Waals surface area contributed by atoms with Crippen LogP contribution in [0.3, 0.4) is 0 Å². The number of nitrogens with one attached hydrogen (secondary N) is 1. The molecule has 6 N–H and O–H groups in total. The van der Waals surface area contributed by atoms with Crippen molar-refractivity contribution in [1.82, 2.24) is 5.32 Å². The third-order valence-electron chi connectivity index (χ3n) is 13.7. The molecule has 1 rings (SSSR count). The second-order valence-electron chi connectivity index (χ2n) is 21.0. The molecule has 1 saturated heterocycles. The van der Waals surface area contributed by atoms with Crippen molar-refractivity contribution in [3.05, 3.63) is 158 Å². The summed E-state index contributed by atoms with van der Waals surface area (Å²) in [7, 11) is 0. The van der Waals surface area contributed by atoms with E-state index in [0.29, 0.717) is 12.8 Å². The second-order valence-corrected chi connectivity index (χ2v) is 21.0. The number of carbonyl (C=O) groups excluding carboxylic acids is 2. The van der Waals surface area contributed by atoms with Crippen molar-refractivity contribution >= 4 is 11.9 Å². The van der Waals surface area contributed by atoms with Crippen LogP contribution in [0.1, 0.15) is 213 Å². The third-order valence-corrected chi connectivity index (χ3v) is 13.7. The monoisotopic (exact) mass is 1140 g/mol. The molecule has 82 heavy (non-hydrogen) atoms. The maximum atomic E-state index is 13.4. The number of hydrogen-bond acceptors (Lipinski definition) is 10. The van der Waals surface area contributed by atoms with Crippen molar-refractivity contribution in [3.63, 3.8) is 0 Å². The van der Waals surface area contributed by atoms with Crippen LogP contribution < -0.4 is 5.32 Å². The molecule has 1 amide bonds. The highest BCUT2D eigenvalue weighted by Crippen LogP contribution is 2.26. The van der Waals surface area contributed by atoms with Gasteiger partial charge in [0.1, 0.15) is 24.4 Å². The topological polar surface area (TPSA) is 175 Å². The van der Waals surface area contributed by atoms with E-state index >= 15 is 0 Å². The normalized spacial score (nSPS) is 19.7. The molecule has 462 valence electrons. The van der Waals surface area contributed by atoms with Crippen LogP contribution in [0, 0.1) is 0 Å². The van der Waals surface area contributed by atoms with Crippen LogP contribution in [-0.4, -0.2) is 99.6 Å². The second kappa shape index (κ2) is 56.7. The van der Waals surface area contributed by atoms with Crippen LogP contribution in [0.15, 0.2) is 158 Å². The fraction of sp³-hybridized carbons (Fsp3) is 0.606. The zero-order valence-corrected chi connectivity index (χ0v) is 51.0. The molecule has 1 fully saturated rings. The Labute approximate surface area is 497 Å². The molecule has 8 atom stereocenters. The third kappa shape index (κ3) is 43.9. The van der Waals surface area contributed by atoms with Crippen LogP contribution in [0.5, 0.6) is 0 Å². The minimum absolute atomic E-state index is 0.0459. The molecule has 0 aromatic heterocycles. The first-order valence-corrected chi connectivity index (χ1v) is 31.8. The van der Waals surface area contributed by atoms with Gasteiger partial charge in [0.15, 0.2) is 12.4 Å². The maximum Gasteiger partial charge on any atom is 0.306 e. The number of hydrogen-bond donors (Lipinski definition) is 6. The summed E-state index contributed by atoms with van der Waals surface area (Å²) < 4.78 is 17.6. The summed E-state index contributed by atoms with van der Waals surface area (Å²) in [6, 6.07) is -1.08. The van der Waals surface area contributed by atoms with Gasteiger partial charge in [-0.3, -0.25) is 9.59 Å². The maximum absolute atomic E-state index is 13.4. The quantitative estimate of drug-likeness (QED) is 0.0195. The number of carbonyl (C=O) groups is 2. The molecule has 8 unspecified atom stereocenters. The fourth-order valence-electron chi connectivity index (χ4n) is 8.73. The fourth-order valence-corrected chi connectivity index (χ4v) is 8.73. The molecule has 0 radical (unpaired) electrons. The summed E-state index contributed by atoms with van der Waals surface area (Å²) in [5, 5.41) is 56.9. The molecular weight excluding hydrogens is 1030 g/mol. The van der Waals surface area contributed by atoms with Gasteiger partial charge in [0.05, 0.1) is 25.4 Å². The van der Waals surface area contributed by atoms with Gasteiger partial charge in [-0.1, -0.05) is 249 Å². The largest absolute Gasteiger partial charge is 0.454 e. The highest BCUT2D eigenvalue weighted by atomic mass is 16.7. The number of amides is 1. The smallest absolute Gasteiger partial charge is 0.306 e. The molecule has 0 spiro atoms. The molecule has 0 saturated carbocycles. The number of unbranched alkanes of at least 4 members (excludes halogenated alkanes) is 14. The van der Waals surface area contributed by atoms with Gasteiger partial charge in [-0.2, -0.15) is 0 Å². The Balaban J connectivity index is 2.73. The minimum Gasteiger partial charge on any atom is -0.454 e. The molecule has 0 aliphatic carbocycles. The van der Waals surface area contributed by atoms with Gasteiger partial charge < -0.3 is 45.1 Å². The summed E-state index contributed by atoms with van der Waals surface area (Å²) in [6.45, 7) is 5.48. The number of aliphatic hydroxyl groups excluding tert-OH is 5. The van der Waals surface area contributed by atoms with Gasteiger partial charge in [0.25, 0.3) is 0 Å². The molecule has 0 aromatic rings. The van der Waals surface area contributed by atoms with Crippen molar-refractivity contribution in [2.75, 3.05) is 13.2 Å². The Morgan fingerprint density at radius 1 is 0.488 bits per heavy atom. The van der Waals surface area contributed by atoms with Gasteiger partial charge in [0, 0.05) is 12.8 Å². The van der Waals surface area contributed by atoms with Crippen LogP contribution in [-0.2, 0) is 23.8 Å². The van der Waals surface area contributed by atoms with Gasteiger partial charge in [-0.05, 0) is 109 Å². The zero-order chi connectivity index (χ0) is 59.6. The van der Waals surface area contributed by atoms with Crippen LogP contribution >= 0.6 is 0 Å². The highest BCUT2D eigenvalue weighted by molar-refractivity contribution is 5.81. The van der Waals surface area contributed by atoms with Crippen molar-refractivity contribution in [2.45, 2.75) is 262 Å². The standard InChI is InChI=1S/C71H113NO10/c1-4-7-10-13-16-19-22-25-27-29-31-32-33-34-35-37-39-41-44-47-50-53-56-59-66(76)82-69-68(78)67(77)65(60-73)81-71(69)80-61-62(63(74)57-54-51-48-45-42-24-21-18-15-12-9-6-3)72-70(79)64(75)58-55-52-49-46-43-40-38-36-30-28-26-23-20-17-14-11-8-5-2/h7-8,10-11,16-17,19-20,25-28,31-32,34-36,38-39,41,43,46,52,54-55,57,62-65,67-69,71,73-75,77-78H,4-6,9,12-15,18,21-24,29-30,33,37,40,42,44-45,47-51,53,56,58-61H2,1-3H3,(H,72,79)/b10-7-,11-8-,19-16-,20-17-,27-25-,28-26-,32-31-,35-34-,38-36-,41-39-,46-43-,55-52-,57-54+. The Morgan fingerprint density at radius 2 is 0.878 bits per heavy atom. The Hall–Kier alpha value is -4.72. The first-order valence-electron chi connectivity index (χ1n) is 31.8. The Kier molecular flexibility index (Phi) is 52.1. The molecule has 1 heterocycles. The van der Waals surface area contributed by atoms with E-state index in [0.717, 1.165) is 122 Å². The van der Waals surface area contributed by atoms with Crippen molar-refractivity contribution < 1.29 is 49.3 Å². The van der Waals surface area contributed by atoms with E-state index in [1.165, 1.54) is 44.9 Å². The van der Waals surface area contributed by atoms with E-state index in [-0.39, 0.29) is 19.4 Å². The van der Waals surface area contributed by atoms with Crippen molar-refractivity contribution in [1.29, 1.82) is 0 Å². The molecule has 11 heteroatoms. The first-order chi connectivity index (χ1) is 40.2. The van der Waals surface area contributed by atoms with Gasteiger partial charge in [-0.25, -0.2) is 0 Å². The van der Waals surface area contributed by atoms with E-state index in [9.17, 15) is 35.1 Å². The molecule has 1 aliphatic rings. The van der Waals surface area contributed by atoms with E-state index in [1.807, 2.05) is 18.2 Å². The number of rotatable bonds is 51. The summed E-state index contributed by atoms with van der Waals surface area (Å²) in [4.78, 5) is 26.5. The van der Waals surface area contributed by atoms with Crippen LogP contribution in [0.25, 0.3) is 0 Å². The summed E-state index contributed by atoms with van der Waals surface area (Å²) >= 11 is 0. The van der Waals surface area contributed by atoms with E-state index in [4.69, 9.17) is 14.2 Å². The number of allylic oxidation sites excluding steroid dienone is 24. The predicted octanol–water partition coefficient (Wildman–Crippen LogP) is 15.6. The lowest BCUT2D eigenvalue weighted by molar-refractivity contribution is -0.305. The lowest BCUT2D eigenvalue weighted by Crippen LogP contribution is -2.61. The number of aliphatic hydroxyl groups is 5.